The van der Waals surface area contributed by atoms with E-state index in [2.05, 4.69) is 33.1 Å². The lowest BCUT2D eigenvalue weighted by Gasteiger charge is -2.23. The molecule has 1 aliphatic carbocycles. The average molecular weight is 523 g/mol. The van der Waals surface area contributed by atoms with Gasteiger partial charge in [-0.1, -0.05) is 6.07 Å². The molecule has 0 amide bonds. The summed E-state index contributed by atoms with van der Waals surface area (Å²) in [5.41, 5.74) is 4.41. The molecule has 2 fully saturated rings. The second kappa shape index (κ2) is 12.2. The maximum absolute atomic E-state index is 12.8. The Hall–Kier alpha value is -3.01. The van der Waals surface area contributed by atoms with Crippen LogP contribution in [0.2, 0.25) is 0 Å². The molecule has 0 bridgehead atoms. The minimum absolute atomic E-state index is 0.0229. The monoisotopic (exact) mass is 522 g/mol. The molecule has 3 aromatic rings. The summed E-state index contributed by atoms with van der Waals surface area (Å²) >= 11 is 0. The summed E-state index contributed by atoms with van der Waals surface area (Å²) in [5, 5.41) is 3.32. The third kappa shape index (κ3) is 6.17. The van der Waals surface area contributed by atoms with Crippen molar-refractivity contribution in [3.05, 3.63) is 51.9 Å². The number of carbonyl (C=O) groups excluding carboxylic acids is 1. The summed E-state index contributed by atoms with van der Waals surface area (Å²) in [7, 11) is 1.59. The number of carbonyl (C=O) groups is 1. The Bertz CT molecular complexity index is 1300. The van der Waals surface area contributed by atoms with Gasteiger partial charge in [0, 0.05) is 50.7 Å². The first-order valence-corrected chi connectivity index (χ1v) is 13.7. The van der Waals surface area contributed by atoms with Crippen LogP contribution in [-0.2, 0) is 32.1 Å². The van der Waals surface area contributed by atoms with Crippen molar-refractivity contribution in [1.29, 1.82) is 0 Å². The number of hydrogen-bond donors (Lipinski definition) is 2. The standard InChI is InChI=1S/C29H38N4O5/c1-19-13-22(16-31-28(19)34)27-32-24-14-21(7-8-26(24)33(27)17-20-9-11-37-12-10-20)15-30-25(18-36-2)29(35)38-23-5-3-4-6-23/h7-8,13-14,16,20,23,25,30H,3-6,9-12,15,17-18H2,1-2H3,(H,31,34)/t25-/m0/s1. The third-order valence-corrected chi connectivity index (χ3v) is 7.70. The van der Waals surface area contributed by atoms with Crippen LogP contribution in [0.3, 0.4) is 0 Å². The van der Waals surface area contributed by atoms with E-state index in [9.17, 15) is 9.59 Å². The molecule has 9 heteroatoms. The van der Waals surface area contributed by atoms with Crippen molar-refractivity contribution in [2.24, 2.45) is 5.92 Å². The van der Waals surface area contributed by atoms with Crippen molar-refractivity contribution in [3.63, 3.8) is 0 Å². The Morgan fingerprint density at radius 3 is 2.74 bits per heavy atom. The van der Waals surface area contributed by atoms with Crippen LogP contribution in [-0.4, -0.2) is 59.6 Å². The Morgan fingerprint density at radius 1 is 1.21 bits per heavy atom. The highest BCUT2D eigenvalue weighted by molar-refractivity contribution is 5.81. The van der Waals surface area contributed by atoms with Crippen molar-refractivity contribution in [2.45, 2.75) is 70.7 Å². The number of esters is 1. The van der Waals surface area contributed by atoms with E-state index in [1.165, 1.54) is 0 Å². The van der Waals surface area contributed by atoms with Gasteiger partial charge in [0.15, 0.2) is 0 Å². The number of pyridine rings is 1. The molecule has 1 saturated heterocycles. The summed E-state index contributed by atoms with van der Waals surface area (Å²) in [6.07, 6.45) is 7.91. The molecule has 38 heavy (non-hydrogen) atoms. The minimum Gasteiger partial charge on any atom is -0.461 e. The summed E-state index contributed by atoms with van der Waals surface area (Å²) < 4.78 is 18.8. The van der Waals surface area contributed by atoms with Crippen LogP contribution in [0.4, 0.5) is 0 Å². The predicted octanol–water partition coefficient (Wildman–Crippen LogP) is 3.72. The first kappa shape index (κ1) is 26.6. The third-order valence-electron chi connectivity index (χ3n) is 7.70. The van der Waals surface area contributed by atoms with Crippen molar-refractivity contribution in [3.8, 4) is 11.4 Å². The van der Waals surface area contributed by atoms with E-state index >= 15 is 0 Å². The quantitative estimate of drug-likeness (QED) is 0.391. The fourth-order valence-corrected chi connectivity index (χ4v) is 5.48. The number of nitrogens with one attached hydrogen (secondary N) is 2. The number of benzene rings is 1. The van der Waals surface area contributed by atoms with Crippen molar-refractivity contribution in [1.82, 2.24) is 19.9 Å². The molecule has 2 aliphatic rings. The zero-order valence-corrected chi connectivity index (χ0v) is 22.3. The molecule has 0 radical (unpaired) electrons. The Morgan fingerprint density at radius 2 is 2.00 bits per heavy atom. The molecule has 3 heterocycles. The molecule has 204 valence electrons. The molecule has 2 N–H and O–H groups in total. The number of ether oxygens (including phenoxy) is 3. The van der Waals surface area contributed by atoms with Crippen LogP contribution in [0.1, 0.15) is 49.7 Å². The maximum atomic E-state index is 12.8. The van der Waals surface area contributed by atoms with Crippen LogP contribution >= 0.6 is 0 Å². The molecule has 5 rings (SSSR count). The Balaban J connectivity index is 1.38. The zero-order chi connectivity index (χ0) is 26.5. The lowest BCUT2D eigenvalue weighted by Crippen LogP contribution is -2.42. The highest BCUT2D eigenvalue weighted by Crippen LogP contribution is 2.29. The van der Waals surface area contributed by atoms with Crippen LogP contribution in [0.25, 0.3) is 22.4 Å². The van der Waals surface area contributed by atoms with E-state index in [-0.39, 0.29) is 24.2 Å². The molecule has 1 aromatic carbocycles. The molecule has 1 saturated carbocycles. The number of aromatic amines is 1. The number of nitrogens with zero attached hydrogens (tertiary/aromatic N) is 2. The van der Waals surface area contributed by atoms with Gasteiger partial charge < -0.3 is 23.8 Å². The first-order valence-electron chi connectivity index (χ1n) is 13.7. The molecule has 2 aromatic heterocycles. The zero-order valence-electron chi connectivity index (χ0n) is 22.3. The summed E-state index contributed by atoms with van der Waals surface area (Å²) in [4.78, 5) is 32.6. The van der Waals surface area contributed by atoms with Gasteiger partial charge in [0.2, 0.25) is 0 Å². The van der Waals surface area contributed by atoms with Crippen molar-refractivity contribution in [2.75, 3.05) is 26.9 Å². The fraction of sp³-hybridized carbons (Fsp3) is 0.552. The van der Waals surface area contributed by atoms with E-state index in [4.69, 9.17) is 19.2 Å². The van der Waals surface area contributed by atoms with Gasteiger partial charge in [0.25, 0.3) is 5.56 Å². The van der Waals surface area contributed by atoms with Gasteiger partial charge in [-0.15, -0.1) is 0 Å². The molecule has 0 unspecified atom stereocenters. The number of aromatic nitrogens is 3. The number of rotatable bonds is 10. The Labute approximate surface area is 222 Å². The second-order valence-corrected chi connectivity index (χ2v) is 10.6. The average Bonchev–Trinajstić information content (AvgIpc) is 3.56. The molecular formula is C29H38N4O5. The number of methoxy groups -OCH3 is 1. The summed E-state index contributed by atoms with van der Waals surface area (Å²) in [5.74, 6) is 1.09. The number of imidazole rings is 1. The molecule has 0 spiro atoms. The van der Waals surface area contributed by atoms with Gasteiger partial charge in [-0.3, -0.25) is 14.9 Å². The van der Waals surface area contributed by atoms with E-state index in [1.807, 2.05) is 13.0 Å². The lowest BCUT2D eigenvalue weighted by atomic mass is 10.00. The number of hydrogen-bond acceptors (Lipinski definition) is 7. The highest BCUT2D eigenvalue weighted by atomic mass is 16.5. The van der Waals surface area contributed by atoms with E-state index in [0.717, 1.165) is 86.3 Å². The lowest BCUT2D eigenvalue weighted by molar-refractivity contribution is -0.152. The molecular weight excluding hydrogens is 484 g/mol. The van der Waals surface area contributed by atoms with Crippen LogP contribution in [0, 0.1) is 12.8 Å². The maximum Gasteiger partial charge on any atom is 0.325 e. The van der Waals surface area contributed by atoms with Crippen LogP contribution < -0.4 is 10.9 Å². The van der Waals surface area contributed by atoms with E-state index in [1.54, 1.807) is 13.3 Å². The van der Waals surface area contributed by atoms with Gasteiger partial charge >= 0.3 is 5.97 Å². The van der Waals surface area contributed by atoms with Gasteiger partial charge in [-0.2, -0.15) is 0 Å². The topological polar surface area (TPSA) is 107 Å². The molecule has 1 aliphatic heterocycles. The van der Waals surface area contributed by atoms with E-state index < -0.39 is 6.04 Å². The van der Waals surface area contributed by atoms with Gasteiger partial charge in [-0.25, -0.2) is 4.98 Å². The summed E-state index contributed by atoms with van der Waals surface area (Å²) in [6, 6.07) is 7.61. The van der Waals surface area contributed by atoms with Gasteiger partial charge in [0.05, 0.1) is 17.6 Å². The smallest absolute Gasteiger partial charge is 0.325 e. The Kier molecular flexibility index (Phi) is 8.56. The largest absolute Gasteiger partial charge is 0.461 e. The normalized spacial score (nSPS) is 17.7. The van der Waals surface area contributed by atoms with Crippen molar-refractivity contribution >= 4 is 17.0 Å². The van der Waals surface area contributed by atoms with Crippen molar-refractivity contribution < 1.29 is 19.0 Å². The SMILES string of the molecule is COC[C@H](NCc1ccc2c(c1)nc(-c1c[nH]c(=O)c(C)c1)n2CC1CCOCC1)C(=O)OC1CCCC1. The summed E-state index contributed by atoms with van der Waals surface area (Å²) in [6.45, 7) is 4.96. The predicted molar refractivity (Wildman–Crippen MR) is 145 cm³/mol. The van der Waals surface area contributed by atoms with Gasteiger partial charge in [-0.05, 0) is 75.1 Å². The van der Waals surface area contributed by atoms with Crippen LogP contribution in [0.15, 0.2) is 35.3 Å². The van der Waals surface area contributed by atoms with E-state index in [0.29, 0.717) is 18.0 Å². The molecule has 9 nitrogen and oxygen atoms in total. The number of aryl methyl sites for hydroxylation is 1. The number of fused-ring (bicyclic) bond motifs is 1. The first-order chi connectivity index (χ1) is 18.5. The fourth-order valence-electron chi connectivity index (χ4n) is 5.48. The van der Waals surface area contributed by atoms with Gasteiger partial charge in [0.1, 0.15) is 18.0 Å². The minimum atomic E-state index is -0.526. The highest BCUT2D eigenvalue weighted by Gasteiger charge is 2.26. The molecule has 1 atom stereocenters. The second-order valence-electron chi connectivity index (χ2n) is 10.6. The number of H-pyrrole nitrogens is 1. The van der Waals surface area contributed by atoms with Crippen LogP contribution in [0.5, 0.6) is 0 Å².